The number of Topliss-reactive ketones (excluding diaryl/α,β-unsaturated/α-hetero) is 1. The Kier molecular flexibility index (Phi) is 3.90. The largest absolute Gasteiger partial charge is 0.425 e. The van der Waals surface area contributed by atoms with Crippen molar-refractivity contribution >= 4 is 11.8 Å². The molecule has 116 valence electrons. The Morgan fingerprint density at radius 1 is 1.23 bits per heavy atom. The van der Waals surface area contributed by atoms with Gasteiger partial charge in [-0.25, -0.2) is 0 Å². The molecule has 3 heteroatoms. The minimum Gasteiger partial charge on any atom is -0.425 e. The molecule has 2 unspecified atom stereocenters. The number of carbonyl (C=O) groups excluding carboxylic acids is 2. The van der Waals surface area contributed by atoms with Gasteiger partial charge in [-0.3, -0.25) is 9.59 Å². The predicted molar refractivity (Wildman–Crippen MR) is 84.7 cm³/mol. The highest BCUT2D eigenvalue weighted by molar-refractivity contribution is 6.13. The number of fused-ring (bicyclic) bond motifs is 1. The highest BCUT2D eigenvalue weighted by Crippen LogP contribution is 2.44. The van der Waals surface area contributed by atoms with Gasteiger partial charge in [0, 0.05) is 0 Å². The van der Waals surface area contributed by atoms with Crippen LogP contribution in [0.25, 0.3) is 0 Å². The highest BCUT2D eigenvalue weighted by Gasteiger charge is 2.46. The van der Waals surface area contributed by atoms with Crippen LogP contribution in [0.5, 0.6) is 5.75 Å². The summed E-state index contributed by atoms with van der Waals surface area (Å²) in [5.74, 6) is -0.00831. The molecule has 0 bridgehead atoms. The van der Waals surface area contributed by atoms with Gasteiger partial charge >= 0.3 is 5.97 Å². The lowest BCUT2D eigenvalue weighted by Crippen LogP contribution is -2.43. The first-order valence-corrected chi connectivity index (χ1v) is 7.99. The molecule has 0 N–H and O–H groups in total. The monoisotopic (exact) mass is 298 g/mol. The van der Waals surface area contributed by atoms with E-state index in [-0.39, 0.29) is 17.6 Å². The number of esters is 1. The topological polar surface area (TPSA) is 43.4 Å². The van der Waals surface area contributed by atoms with Crippen molar-refractivity contribution < 1.29 is 14.3 Å². The summed E-state index contributed by atoms with van der Waals surface area (Å²) in [7, 11) is 0. The molecule has 1 saturated carbocycles. The van der Waals surface area contributed by atoms with Crippen LogP contribution >= 0.6 is 0 Å². The van der Waals surface area contributed by atoms with Gasteiger partial charge in [-0.05, 0) is 49.7 Å². The van der Waals surface area contributed by atoms with Crippen LogP contribution in [-0.4, -0.2) is 11.8 Å². The van der Waals surface area contributed by atoms with Gasteiger partial charge in [-0.1, -0.05) is 37.6 Å². The number of hydrogen-bond donors (Lipinski definition) is 0. The summed E-state index contributed by atoms with van der Waals surface area (Å²) >= 11 is 0. The molecule has 0 saturated heterocycles. The summed E-state index contributed by atoms with van der Waals surface area (Å²) in [5.41, 5.74) is 1.60. The van der Waals surface area contributed by atoms with Gasteiger partial charge in [0.2, 0.25) is 0 Å². The fraction of sp³-hybridized carbons (Fsp3) is 0.474. The van der Waals surface area contributed by atoms with Crippen LogP contribution in [-0.2, 0) is 4.79 Å². The summed E-state index contributed by atoms with van der Waals surface area (Å²) in [5, 5.41) is 0. The first kappa shape index (κ1) is 15.0. The molecular formula is C19H22O3. The van der Waals surface area contributed by atoms with Gasteiger partial charge in [0.05, 0.1) is 5.56 Å². The van der Waals surface area contributed by atoms with Crippen molar-refractivity contribution in [3.63, 3.8) is 0 Å². The van der Waals surface area contributed by atoms with E-state index in [0.717, 1.165) is 24.8 Å². The first-order chi connectivity index (χ1) is 10.5. The van der Waals surface area contributed by atoms with E-state index in [4.69, 9.17) is 4.74 Å². The van der Waals surface area contributed by atoms with E-state index in [2.05, 4.69) is 13.5 Å². The summed E-state index contributed by atoms with van der Waals surface area (Å²) in [6, 6.07) is 7.02. The van der Waals surface area contributed by atoms with E-state index in [9.17, 15) is 9.59 Å². The van der Waals surface area contributed by atoms with Crippen molar-refractivity contribution in [3.05, 3.63) is 42.0 Å². The van der Waals surface area contributed by atoms with Gasteiger partial charge < -0.3 is 4.74 Å². The minimum atomic E-state index is -0.681. The van der Waals surface area contributed by atoms with Crippen LogP contribution in [0, 0.1) is 23.7 Å². The Morgan fingerprint density at radius 2 is 1.95 bits per heavy atom. The van der Waals surface area contributed by atoms with Crippen LogP contribution in [0.15, 0.2) is 36.4 Å². The molecule has 0 spiro atoms. The molecule has 1 heterocycles. The second kappa shape index (κ2) is 5.71. The molecule has 1 aliphatic heterocycles. The SMILES string of the molecule is C=C(C)[C@@H]1CCC(C)C[C@@H]1C1C(=O)Oc2ccccc2C1=O. The van der Waals surface area contributed by atoms with E-state index in [1.165, 1.54) is 0 Å². The fourth-order valence-corrected chi connectivity index (χ4v) is 3.98. The standard InChI is InChI=1S/C19H22O3/c1-11(2)13-9-8-12(3)10-15(13)17-18(20)14-6-4-5-7-16(14)22-19(17)21/h4-7,12-13,15,17H,1,8-10H2,2-3H3/t12?,13-,15-,17?/m0/s1. The molecule has 4 atom stereocenters. The van der Waals surface area contributed by atoms with E-state index in [0.29, 0.717) is 17.2 Å². The van der Waals surface area contributed by atoms with Gasteiger partial charge in [0.15, 0.2) is 5.78 Å². The maximum absolute atomic E-state index is 12.9. The summed E-state index contributed by atoms with van der Waals surface area (Å²) < 4.78 is 5.44. The highest BCUT2D eigenvalue weighted by atomic mass is 16.5. The van der Waals surface area contributed by atoms with Gasteiger partial charge in [-0.15, -0.1) is 0 Å². The number of ketones is 1. The number of hydrogen-bond acceptors (Lipinski definition) is 3. The van der Waals surface area contributed by atoms with Crippen LogP contribution in [0.2, 0.25) is 0 Å². The van der Waals surface area contributed by atoms with Gasteiger partial charge in [-0.2, -0.15) is 0 Å². The smallest absolute Gasteiger partial charge is 0.322 e. The number of allylic oxidation sites excluding steroid dienone is 1. The summed E-state index contributed by atoms with van der Waals surface area (Å²) in [4.78, 5) is 25.3. The van der Waals surface area contributed by atoms with Crippen LogP contribution in [0.1, 0.15) is 43.5 Å². The zero-order valence-electron chi connectivity index (χ0n) is 13.2. The normalized spacial score (nSPS) is 31.4. The number of benzene rings is 1. The van der Waals surface area contributed by atoms with E-state index in [1.807, 2.05) is 13.0 Å². The minimum absolute atomic E-state index is 0.00889. The summed E-state index contributed by atoms with van der Waals surface area (Å²) in [6.07, 6.45) is 3.01. The van der Waals surface area contributed by atoms with Crippen molar-refractivity contribution in [3.8, 4) is 5.75 Å². The molecule has 0 radical (unpaired) electrons. The molecule has 3 nitrogen and oxygen atoms in total. The third kappa shape index (κ3) is 2.49. The molecule has 3 rings (SSSR count). The van der Waals surface area contributed by atoms with Crippen molar-refractivity contribution in [1.82, 2.24) is 0 Å². The van der Waals surface area contributed by atoms with Crippen LogP contribution in [0.3, 0.4) is 0 Å². The maximum atomic E-state index is 12.9. The average molecular weight is 298 g/mol. The lowest BCUT2D eigenvalue weighted by atomic mass is 9.65. The molecule has 0 amide bonds. The number of rotatable bonds is 2. The van der Waals surface area contributed by atoms with E-state index >= 15 is 0 Å². The lowest BCUT2D eigenvalue weighted by Gasteiger charge is -2.39. The van der Waals surface area contributed by atoms with E-state index < -0.39 is 11.9 Å². The molecule has 2 aliphatic rings. The Labute approximate surface area is 131 Å². The number of carbonyl (C=O) groups is 2. The van der Waals surface area contributed by atoms with Crippen LogP contribution in [0.4, 0.5) is 0 Å². The average Bonchev–Trinajstić information content (AvgIpc) is 2.47. The molecular weight excluding hydrogens is 276 g/mol. The first-order valence-electron chi connectivity index (χ1n) is 7.99. The maximum Gasteiger partial charge on any atom is 0.322 e. The zero-order chi connectivity index (χ0) is 15.9. The summed E-state index contributed by atoms with van der Waals surface area (Å²) in [6.45, 7) is 8.27. The zero-order valence-corrected chi connectivity index (χ0v) is 13.2. The predicted octanol–water partition coefficient (Wildman–Crippen LogP) is 4.03. The van der Waals surface area contributed by atoms with Crippen molar-refractivity contribution in [1.29, 1.82) is 0 Å². The van der Waals surface area contributed by atoms with Crippen molar-refractivity contribution in [2.45, 2.75) is 33.1 Å². The molecule has 1 fully saturated rings. The molecule has 22 heavy (non-hydrogen) atoms. The molecule has 1 aliphatic carbocycles. The van der Waals surface area contributed by atoms with Crippen molar-refractivity contribution in [2.75, 3.05) is 0 Å². The molecule has 0 aromatic heterocycles. The van der Waals surface area contributed by atoms with Gasteiger partial charge in [0.25, 0.3) is 0 Å². The fourth-order valence-electron chi connectivity index (χ4n) is 3.98. The lowest BCUT2D eigenvalue weighted by molar-refractivity contribution is -0.140. The Bertz CT molecular complexity index is 631. The number of ether oxygens (including phenoxy) is 1. The quantitative estimate of drug-likeness (QED) is 0.358. The second-order valence-electron chi connectivity index (χ2n) is 6.79. The van der Waals surface area contributed by atoms with Crippen LogP contribution < -0.4 is 4.74 Å². The second-order valence-corrected chi connectivity index (χ2v) is 6.79. The Hall–Kier alpha value is -1.90. The van der Waals surface area contributed by atoms with E-state index in [1.54, 1.807) is 18.2 Å². The third-order valence-corrected chi connectivity index (χ3v) is 5.12. The Balaban J connectivity index is 1.97. The third-order valence-electron chi connectivity index (χ3n) is 5.12. The Morgan fingerprint density at radius 3 is 2.68 bits per heavy atom. The molecule has 1 aromatic carbocycles. The van der Waals surface area contributed by atoms with Gasteiger partial charge in [0.1, 0.15) is 11.7 Å². The molecule has 1 aromatic rings. The number of para-hydroxylation sites is 1. The van der Waals surface area contributed by atoms with Crippen molar-refractivity contribution in [2.24, 2.45) is 23.7 Å².